The third kappa shape index (κ3) is 3.70. The summed E-state index contributed by atoms with van der Waals surface area (Å²) in [6, 6.07) is 18.9. The van der Waals surface area contributed by atoms with Crippen LogP contribution in [0.3, 0.4) is 0 Å². The van der Waals surface area contributed by atoms with E-state index in [9.17, 15) is 14.0 Å². The van der Waals surface area contributed by atoms with Crippen molar-refractivity contribution in [2.24, 2.45) is 0 Å². The van der Waals surface area contributed by atoms with Crippen molar-refractivity contribution in [2.45, 2.75) is 12.5 Å². The fraction of sp³-hybridized carbons (Fsp3) is 0.240. The number of halogens is 1. The first-order valence-electron chi connectivity index (χ1n) is 10.7. The van der Waals surface area contributed by atoms with Crippen LogP contribution in [-0.2, 0) is 4.79 Å². The molecule has 0 radical (unpaired) electrons. The van der Waals surface area contributed by atoms with Crippen LogP contribution < -0.4 is 9.80 Å². The van der Waals surface area contributed by atoms with Gasteiger partial charge in [0.15, 0.2) is 0 Å². The molecule has 3 aromatic rings. The highest BCUT2D eigenvalue weighted by molar-refractivity contribution is 6.11. The number of amides is 2. The fourth-order valence-electron chi connectivity index (χ4n) is 4.49. The number of rotatable bonds is 4. The van der Waals surface area contributed by atoms with Crippen LogP contribution >= 0.6 is 0 Å². The molecule has 1 fully saturated rings. The van der Waals surface area contributed by atoms with Crippen molar-refractivity contribution in [3.8, 4) is 0 Å². The zero-order valence-corrected chi connectivity index (χ0v) is 17.5. The highest BCUT2D eigenvalue weighted by Gasteiger charge is 2.40. The van der Waals surface area contributed by atoms with Crippen LogP contribution in [0.2, 0.25) is 0 Å². The number of fused-ring (bicyclic) bond motifs is 1. The molecule has 0 bridgehead atoms. The van der Waals surface area contributed by atoms with Crippen molar-refractivity contribution in [3.05, 3.63) is 90.0 Å². The van der Waals surface area contributed by atoms with E-state index >= 15 is 0 Å². The Balaban J connectivity index is 1.31. The molecule has 5 rings (SSSR count). The van der Waals surface area contributed by atoms with Gasteiger partial charge in [-0.2, -0.15) is 0 Å². The Bertz CT molecular complexity index is 1130. The second kappa shape index (κ2) is 8.42. The number of nitrogens with zero attached hydrogens (tertiary/aromatic N) is 4. The molecular weight excluding hydrogens is 407 g/mol. The molecule has 3 heterocycles. The number of benzene rings is 2. The Hall–Kier alpha value is -3.74. The standard InChI is InChI=1S/C25H23FN4O2/c26-18-8-10-19(11-9-18)28-13-15-29(16-14-28)23(31)17-22-24-21(7-4-12-27-24)25(32)30(22)20-5-2-1-3-6-20/h1-12,22H,13-17H2/t22-/m0/s1. The lowest BCUT2D eigenvalue weighted by molar-refractivity contribution is -0.131. The zero-order chi connectivity index (χ0) is 22.1. The molecule has 2 amide bonds. The monoisotopic (exact) mass is 430 g/mol. The van der Waals surface area contributed by atoms with Crippen LogP contribution in [0.5, 0.6) is 0 Å². The molecule has 1 aromatic heterocycles. The van der Waals surface area contributed by atoms with Crippen LogP contribution in [0.25, 0.3) is 0 Å². The third-order valence-electron chi connectivity index (χ3n) is 6.14. The van der Waals surface area contributed by atoms with Gasteiger partial charge in [-0.15, -0.1) is 0 Å². The van der Waals surface area contributed by atoms with E-state index in [1.165, 1.54) is 12.1 Å². The maximum Gasteiger partial charge on any atom is 0.260 e. The number of aromatic nitrogens is 1. The summed E-state index contributed by atoms with van der Waals surface area (Å²) in [5, 5.41) is 0. The highest BCUT2D eigenvalue weighted by atomic mass is 19.1. The Morgan fingerprint density at radius 3 is 2.34 bits per heavy atom. The molecule has 0 N–H and O–H groups in total. The molecule has 1 saturated heterocycles. The van der Waals surface area contributed by atoms with Crippen LogP contribution in [0.1, 0.15) is 28.5 Å². The number of hydrogen-bond donors (Lipinski definition) is 0. The van der Waals surface area contributed by atoms with Gasteiger partial charge in [-0.1, -0.05) is 18.2 Å². The summed E-state index contributed by atoms with van der Waals surface area (Å²) in [6.45, 7) is 2.52. The lowest BCUT2D eigenvalue weighted by atomic mass is 10.1. The predicted octanol–water partition coefficient (Wildman–Crippen LogP) is 3.66. The number of para-hydroxylation sites is 1. The zero-order valence-electron chi connectivity index (χ0n) is 17.5. The molecule has 0 aliphatic carbocycles. The summed E-state index contributed by atoms with van der Waals surface area (Å²) in [6.07, 6.45) is 1.85. The van der Waals surface area contributed by atoms with Gasteiger partial charge in [0.2, 0.25) is 5.91 Å². The van der Waals surface area contributed by atoms with E-state index in [1.807, 2.05) is 35.2 Å². The van der Waals surface area contributed by atoms with Crippen LogP contribution in [-0.4, -0.2) is 47.9 Å². The first kappa shape index (κ1) is 20.2. The second-order valence-electron chi connectivity index (χ2n) is 8.01. The lowest BCUT2D eigenvalue weighted by Crippen LogP contribution is -2.49. The van der Waals surface area contributed by atoms with E-state index in [0.717, 1.165) is 11.4 Å². The number of piperazine rings is 1. The van der Waals surface area contributed by atoms with Crippen LogP contribution in [0, 0.1) is 5.82 Å². The smallest absolute Gasteiger partial charge is 0.260 e. The van der Waals surface area contributed by atoms with Gasteiger partial charge in [0.05, 0.1) is 23.7 Å². The maximum atomic E-state index is 13.2. The Morgan fingerprint density at radius 1 is 0.906 bits per heavy atom. The van der Waals surface area contributed by atoms with Gasteiger partial charge < -0.3 is 9.80 Å². The fourth-order valence-corrected chi connectivity index (χ4v) is 4.49. The molecule has 0 spiro atoms. The summed E-state index contributed by atoms with van der Waals surface area (Å²) < 4.78 is 13.2. The molecule has 2 aliphatic heterocycles. The SMILES string of the molecule is O=C(C[C@H]1c2ncccc2C(=O)N1c1ccccc1)N1CCN(c2ccc(F)cc2)CC1. The topological polar surface area (TPSA) is 56.8 Å². The van der Waals surface area contributed by atoms with Crippen molar-refractivity contribution >= 4 is 23.2 Å². The molecule has 32 heavy (non-hydrogen) atoms. The van der Waals surface area contributed by atoms with Gasteiger partial charge in [-0.3, -0.25) is 19.5 Å². The van der Waals surface area contributed by atoms with E-state index in [4.69, 9.17) is 0 Å². The van der Waals surface area contributed by atoms with Gasteiger partial charge >= 0.3 is 0 Å². The van der Waals surface area contributed by atoms with Crippen molar-refractivity contribution in [1.82, 2.24) is 9.88 Å². The van der Waals surface area contributed by atoms with Gasteiger partial charge in [0.25, 0.3) is 5.91 Å². The molecule has 1 atom stereocenters. The molecule has 7 heteroatoms. The number of pyridine rings is 1. The van der Waals surface area contributed by atoms with Crippen molar-refractivity contribution < 1.29 is 14.0 Å². The van der Waals surface area contributed by atoms with E-state index in [-0.39, 0.29) is 24.1 Å². The third-order valence-corrected chi connectivity index (χ3v) is 6.14. The van der Waals surface area contributed by atoms with Crippen molar-refractivity contribution in [3.63, 3.8) is 0 Å². The normalized spacial score (nSPS) is 18.1. The summed E-state index contributed by atoms with van der Waals surface area (Å²) >= 11 is 0. The minimum atomic E-state index is -0.427. The average Bonchev–Trinajstić information content (AvgIpc) is 3.12. The second-order valence-corrected chi connectivity index (χ2v) is 8.01. The van der Waals surface area contributed by atoms with Gasteiger partial charge in [-0.25, -0.2) is 4.39 Å². The van der Waals surface area contributed by atoms with Crippen LogP contribution in [0.15, 0.2) is 72.9 Å². The minimum absolute atomic E-state index is 0.000917. The minimum Gasteiger partial charge on any atom is -0.368 e. The van der Waals surface area contributed by atoms with E-state index in [0.29, 0.717) is 37.4 Å². The molecule has 0 unspecified atom stereocenters. The number of hydrogen-bond acceptors (Lipinski definition) is 4. The summed E-state index contributed by atoms with van der Waals surface area (Å²) in [4.78, 5) is 36.5. The molecule has 6 nitrogen and oxygen atoms in total. The summed E-state index contributed by atoms with van der Waals surface area (Å²) in [5.41, 5.74) is 2.91. The summed E-state index contributed by atoms with van der Waals surface area (Å²) in [5.74, 6) is -0.384. The number of carbonyl (C=O) groups excluding carboxylic acids is 2. The lowest BCUT2D eigenvalue weighted by Gasteiger charge is -2.37. The Labute approximate surface area is 185 Å². The Morgan fingerprint density at radius 2 is 1.62 bits per heavy atom. The van der Waals surface area contributed by atoms with Crippen molar-refractivity contribution in [2.75, 3.05) is 36.0 Å². The van der Waals surface area contributed by atoms with E-state index < -0.39 is 6.04 Å². The molecule has 0 saturated carbocycles. The molecule has 162 valence electrons. The number of carbonyl (C=O) groups is 2. The molecular formula is C25H23FN4O2. The molecule has 2 aliphatic rings. The Kier molecular flexibility index (Phi) is 5.31. The largest absolute Gasteiger partial charge is 0.368 e. The van der Waals surface area contributed by atoms with E-state index in [2.05, 4.69) is 9.88 Å². The highest BCUT2D eigenvalue weighted by Crippen LogP contribution is 2.38. The van der Waals surface area contributed by atoms with Crippen LogP contribution in [0.4, 0.5) is 15.8 Å². The van der Waals surface area contributed by atoms with Crippen molar-refractivity contribution in [1.29, 1.82) is 0 Å². The molecule has 2 aromatic carbocycles. The van der Waals surface area contributed by atoms with Gasteiger partial charge in [0.1, 0.15) is 5.82 Å². The first-order chi connectivity index (χ1) is 15.6. The maximum absolute atomic E-state index is 13.2. The van der Waals surface area contributed by atoms with Gasteiger partial charge in [0, 0.05) is 43.8 Å². The average molecular weight is 430 g/mol. The predicted molar refractivity (Wildman–Crippen MR) is 120 cm³/mol. The first-order valence-corrected chi connectivity index (χ1v) is 10.7. The number of anilines is 2. The quantitative estimate of drug-likeness (QED) is 0.634. The van der Waals surface area contributed by atoms with Gasteiger partial charge in [-0.05, 0) is 48.5 Å². The van der Waals surface area contributed by atoms with E-state index in [1.54, 1.807) is 35.4 Å². The summed E-state index contributed by atoms with van der Waals surface area (Å²) in [7, 11) is 0.